The van der Waals surface area contributed by atoms with E-state index in [0.29, 0.717) is 19.1 Å². The van der Waals surface area contributed by atoms with Crippen LogP contribution in [0.3, 0.4) is 0 Å². The summed E-state index contributed by atoms with van der Waals surface area (Å²) in [6.45, 7) is 1.17. The molecule has 4 rings (SSSR count). The highest BCUT2D eigenvalue weighted by Crippen LogP contribution is 2.34. The number of nitrogens with one attached hydrogen (secondary N) is 3. The van der Waals surface area contributed by atoms with E-state index in [1.54, 1.807) is 0 Å². The second-order valence-electron chi connectivity index (χ2n) is 7.26. The van der Waals surface area contributed by atoms with Crippen LogP contribution in [-0.2, 0) is 4.79 Å². The van der Waals surface area contributed by atoms with Gasteiger partial charge in [-0.1, -0.05) is 30.3 Å². The molecule has 2 aromatic carbocycles. The predicted molar refractivity (Wildman–Crippen MR) is 118 cm³/mol. The van der Waals surface area contributed by atoms with Gasteiger partial charge in [0, 0.05) is 35.6 Å². The van der Waals surface area contributed by atoms with Gasteiger partial charge in [0.25, 0.3) is 0 Å². The Morgan fingerprint density at radius 1 is 1.19 bits per heavy atom. The molecule has 1 atom stereocenters. The zero-order valence-electron chi connectivity index (χ0n) is 16.8. The number of carbonyl (C=O) groups is 1. The first-order valence-corrected chi connectivity index (χ1v) is 10.1. The Hall–Kier alpha value is -3.94. The number of carboxylic acids is 1. The fraction of sp³-hybridized carbons (Fsp3) is 0.217. The molecule has 0 saturated heterocycles. The molecule has 0 aliphatic rings. The summed E-state index contributed by atoms with van der Waals surface area (Å²) in [5.41, 5.74) is 2.84. The van der Waals surface area contributed by atoms with Gasteiger partial charge in [-0.25, -0.2) is 4.98 Å². The third-order valence-electron chi connectivity index (χ3n) is 5.09. The van der Waals surface area contributed by atoms with Crippen LogP contribution in [0.15, 0.2) is 60.9 Å². The first-order valence-electron chi connectivity index (χ1n) is 10.1. The average molecular weight is 420 g/mol. The Balaban J connectivity index is 1.41. The van der Waals surface area contributed by atoms with Crippen molar-refractivity contribution in [3.8, 4) is 11.6 Å². The summed E-state index contributed by atoms with van der Waals surface area (Å²) in [6, 6.07) is 15.5. The van der Waals surface area contributed by atoms with E-state index < -0.39 is 5.97 Å². The molecule has 0 bridgehead atoms. The van der Waals surface area contributed by atoms with Gasteiger partial charge in [0.05, 0.1) is 19.2 Å². The maximum absolute atomic E-state index is 11.5. The van der Waals surface area contributed by atoms with Crippen LogP contribution in [0.25, 0.3) is 10.9 Å². The second kappa shape index (κ2) is 9.25. The van der Waals surface area contributed by atoms with Crippen LogP contribution >= 0.6 is 0 Å². The van der Waals surface area contributed by atoms with Crippen LogP contribution < -0.4 is 10.1 Å². The highest BCUT2D eigenvalue weighted by Gasteiger charge is 2.21. The Labute approximate surface area is 178 Å². The standard InChI is InChI=1S/C23H24N4O4/c28-21-14-26-23(27-21)24-9-4-10-31-16-7-8-17-19(13-25-20(17)11-16)18(12-22(29)30)15-5-2-1-3-6-15/h1-3,5-8,11,13-14,18,25,28H,4,9-10,12H2,(H,29,30)(H2,24,26,27). The molecule has 0 amide bonds. The molecule has 0 radical (unpaired) electrons. The van der Waals surface area contributed by atoms with Gasteiger partial charge in [-0.3, -0.25) is 9.78 Å². The third kappa shape index (κ3) is 4.98. The first-order chi connectivity index (χ1) is 15.1. The average Bonchev–Trinajstić information content (AvgIpc) is 3.38. The number of imidazole rings is 1. The van der Waals surface area contributed by atoms with Gasteiger partial charge in [0.2, 0.25) is 11.8 Å². The highest BCUT2D eigenvalue weighted by molar-refractivity contribution is 5.86. The third-order valence-corrected chi connectivity index (χ3v) is 5.09. The zero-order chi connectivity index (χ0) is 21.6. The van der Waals surface area contributed by atoms with Crippen LogP contribution in [0.5, 0.6) is 11.6 Å². The number of aromatic nitrogens is 3. The number of hydrogen-bond acceptors (Lipinski definition) is 5. The monoisotopic (exact) mass is 420 g/mol. The van der Waals surface area contributed by atoms with E-state index in [2.05, 4.69) is 20.3 Å². The minimum Gasteiger partial charge on any atom is -0.493 e. The molecule has 8 nitrogen and oxygen atoms in total. The molecule has 5 N–H and O–H groups in total. The Kier molecular flexibility index (Phi) is 6.07. The van der Waals surface area contributed by atoms with Gasteiger partial charge in [-0.15, -0.1) is 0 Å². The maximum atomic E-state index is 11.5. The highest BCUT2D eigenvalue weighted by atomic mass is 16.5. The largest absolute Gasteiger partial charge is 0.493 e. The SMILES string of the molecule is O=C(O)CC(c1ccccc1)c1c[nH]c2cc(OCCCNc3ncc(O)[nH]3)ccc12. The number of aromatic amines is 2. The summed E-state index contributed by atoms with van der Waals surface area (Å²) in [4.78, 5) is 21.4. The van der Waals surface area contributed by atoms with Gasteiger partial charge in [0.1, 0.15) is 5.75 Å². The molecule has 0 aliphatic heterocycles. The van der Waals surface area contributed by atoms with Gasteiger partial charge < -0.3 is 25.3 Å². The molecule has 4 aromatic rings. The van der Waals surface area contributed by atoms with Gasteiger partial charge in [0.15, 0.2) is 0 Å². The normalized spacial score (nSPS) is 12.0. The van der Waals surface area contributed by atoms with Crippen molar-refractivity contribution >= 4 is 22.8 Å². The van der Waals surface area contributed by atoms with Gasteiger partial charge >= 0.3 is 5.97 Å². The van der Waals surface area contributed by atoms with Gasteiger partial charge in [-0.05, 0) is 29.7 Å². The maximum Gasteiger partial charge on any atom is 0.304 e. The lowest BCUT2D eigenvalue weighted by molar-refractivity contribution is -0.137. The number of hydrogen-bond donors (Lipinski definition) is 5. The fourth-order valence-electron chi connectivity index (χ4n) is 3.64. The summed E-state index contributed by atoms with van der Waals surface area (Å²) in [5.74, 6) is 0.223. The van der Waals surface area contributed by atoms with Crippen molar-refractivity contribution in [1.82, 2.24) is 15.0 Å². The smallest absolute Gasteiger partial charge is 0.304 e. The number of aromatic hydroxyl groups is 1. The Morgan fingerprint density at radius 3 is 2.77 bits per heavy atom. The molecule has 0 aliphatic carbocycles. The molecule has 1 unspecified atom stereocenters. The fourth-order valence-corrected chi connectivity index (χ4v) is 3.64. The second-order valence-corrected chi connectivity index (χ2v) is 7.26. The van der Waals surface area contributed by atoms with E-state index in [1.807, 2.05) is 54.7 Å². The number of H-pyrrole nitrogens is 2. The van der Waals surface area contributed by atoms with Crippen LogP contribution in [0.1, 0.15) is 29.9 Å². The summed E-state index contributed by atoms with van der Waals surface area (Å²) >= 11 is 0. The molecule has 2 aromatic heterocycles. The Bertz CT molecular complexity index is 1150. The molecule has 0 spiro atoms. The summed E-state index contributed by atoms with van der Waals surface area (Å²) < 4.78 is 5.84. The predicted octanol–water partition coefficient (Wildman–Crippen LogP) is 4.08. The number of rotatable bonds is 10. The van der Waals surface area contributed by atoms with Gasteiger partial charge in [-0.2, -0.15) is 0 Å². The summed E-state index contributed by atoms with van der Waals surface area (Å²) in [7, 11) is 0. The molecule has 31 heavy (non-hydrogen) atoms. The molecule has 0 fully saturated rings. The number of anilines is 1. The molecular weight excluding hydrogens is 396 g/mol. The molecule has 0 saturated carbocycles. The van der Waals surface area contributed by atoms with E-state index in [9.17, 15) is 15.0 Å². The van der Waals surface area contributed by atoms with Crippen LogP contribution in [0, 0.1) is 0 Å². The molecular formula is C23H24N4O4. The van der Waals surface area contributed by atoms with E-state index in [0.717, 1.165) is 34.2 Å². The Morgan fingerprint density at radius 2 is 2.03 bits per heavy atom. The minimum atomic E-state index is -0.832. The number of benzene rings is 2. The van der Waals surface area contributed by atoms with E-state index >= 15 is 0 Å². The quantitative estimate of drug-likeness (QED) is 0.246. The van der Waals surface area contributed by atoms with Crippen LogP contribution in [-0.4, -0.2) is 44.3 Å². The number of aliphatic carboxylic acids is 1. The van der Waals surface area contributed by atoms with Crippen molar-refractivity contribution in [1.29, 1.82) is 0 Å². The molecule has 2 heterocycles. The number of ether oxygens (including phenoxy) is 1. The number of fused-ring (bicyclic) bond motifs is 1. The van der Waals surface area contributed by atoms with Crippen molar-refractivity contribution in [2.24, 2.45) is 0 Å². The summed E-state index contributed by atoms with van der Waals surface area (Å²) in [6.07, 6.45) is 4.01. The van der Waals surface area contributed by atoms with Crippen molar-refractivity contribution in [2.45, 2.75) is 18.8 Å². The van der Waals surface area contributed by atoms with Crippen LogP contribution in [0.4, 0.5) is 5.95 Å². The van der Waals surface area contributed by atoms with E-state index in [-0.39, 0.29) is 18.2 Å². The zero-order valence-corrected chi connectivity index (χ0v) is 16.8. The van der Waals surface area contributed by atoms with E-state index in [1.165, 1.54) is 6.20 Å². The number of nitrogens with zero attached hydrogens (tertiary/aromatic N) is 1. The minimum absolute atomic E-state index is 0.0234. The van der Waals surface area contributed by atoms with E-state index in [4.69, 9.17) is 4.74 Å². The topological polar surface area (TPSA) is 123 Å². The lowest BCUT2D eigenvalue weighted by atomic mass is 9.88. The lowest BCUT2D eigenvalue weighted by Crippen LogP contribution is -2.08. The van der Waals surface area contributed by atoms with Crippen molar-refractivity contribution in [3.63, 3.8) is 0 Å². The van der Waals surface area contributed by atoms with Crippen molar-refractivity contribution in [2.75, 3.05) is 18.5 Å². The lowest BCUT2D eigenvalue weighted by Gasteiger charge is -2.15. The van der Waals surface area contributed by atoms with Crippen molar-refractivity contribution < 1.29 is 19.7 Å². The van der Waals surface area contributed by atoms with Crippen LogP contribution in [0.2, 0.25) is 0 Å². The number of carboxylic acid groups (broad SMARTS) is 1. The van der Waals surface area contributed by atoms with Crippen molar-refractivity contribution in [3.05, 3.63) is 72.1 Å². The first kappa shape index (κ1) is 20.3. The molecule has 160 valence electrons. The summed E-state index contributed by atoms with van der Waals surface area (Å²) in [5, 5.41) is 22.7. The molecule has 8 heteroatoms.